The van der Waals surface area contributed by atoms with E-state index in [4.69, 9.17) is 5.73 Å². The number of hydrogen-bond donors (Lipinski definition) is 2. The maximum atomic E-state index is 10.1. The Bertz CT molecular complexity index is 370. The summed E-state index contributed by atoms with van der Waals surface area (Å²) in [6, 6.07) is 8.72. The van der Waals surface area contributed by atoms with E-state index >= 15 is 0 Å². The van der Waals surface area contributed by atoms with Crippen LogP contribution in [0.2, 0.25) is 0 Å². The Morgan fingerprint density at radius 1 is 1.25 bits per heavy atom. The maximum absolute atomic E-state index is 10.1. The van der Waals surface area contributed by atoms with Crippen LogP contribution in [0.3, 0.4) is 0 Å². The number of aliphatic hydroxyl groups is 1. The van der Waals surface area contributed by atoms with Gasteiger partial charge in [0.25, 0.3) is 0 Å². The predicted molar refractivity (Wildman–Crippen MR) is 89.2 cm³/mol. The van der Waals surface area contributed by atoms with Gasteiger partial charge in [0.15, 0.2) is 0 Å². The summed E-state index contributed by atoms with van der Waals surface area (Å²) in [7, 11) is 0. The number of thioether (sulfide) groups is 1. The number of nitrogens with two attached hydrogens (primary N) is 1. The van der Waals surface area contributed by atoms with Gasteiger partial charge in [-0.2, -0.15) is 0 Å². The third kappa shape index (κ3) is 6.29. The molecule has 0 heterocycles. The molecule has 3 heteroatoms. The number of rotatable bonds is 10. The summed E-state index contributed by atoms with van der Waals surface area (Å²) in [6.07, 6.45) is 5.02. The Hall–Kier alpha value is -0.510. The number of aliphatic hydroxyl groups excluding tert-OH is 1. The van der Waals surface area contributed by atoms with Gasteiger partial charge < -0.3 is 10.8 Å². The zero-order valence-electron chi connectivity index (χ0n) is 12.8. The van der Waals surface area contributed by atoms with Crippen LogP contribution in [0.5, 0.6) is 0 Å². The van der Waals surface area contributed by atoms with Crippen molar-refractivity contribution in [1.29, 1.82) is 0 Å². The largest absolute Gasteiger partial charge is 0.393 e. The van der Waals surface area contributed by atoms with E-state index in [0.717, 1.165) is 44.4 Å². The summed E-state index contributed by atoms with van der Waals surface area (Å²) in [5.74, 6) is 1.39. The molecule has 0 aromatic heterocycles. The summed E-state index contributed by atoms with van der Waals surface area (Å²) < 4.78 is 0. The van der Waals surface area contributed by atoms with Crippen LogP contribution in [0.4, 0.5) is 0 Å². The molecule has 0 aliphatic heterocycles. The van der Waals surface area contributed by atoms with Gasteiger partial charge in [0.05, 0.1) is 6.10 Å². The Morgan fingerprint density at radius 2 is 2.05 bits per heavy atom. The molecular formula is C17H29NOS. The predicted octanol–water partition coefficient (Wildman–Crippen LogP) is 3.86. The fraction of sp³-hybridized carbons (Fsp3) is 0.647. The Balaban J connectivity index is 2.50. The van der Waals surface area contributed by atoms with Crippen LogP contribution in [0.15, 0.2) is 29.2 Å². The van der Waals surface area contributed by atoms with Crippen molar-refractivity contribution >= 4 is 11.8 Å². The zero-order valence-corrected chi connectivity index (χ0v) is 13.7. The molecule has 1 aromatic carbocycles. The van der Waals surface area contributed by atoms with Crippen LogP contribution in [0.1, 0.15) is 45.1 Å². The van der Waals surface area contributed by atoms with Crippen molar-refractivity contribution in [1.82, 2.24) is 0 Å². The van der Waals surface area contributed by atoms with Crippen LogP contribution in [0.25, 0.3) is 0 Å². The zero-order chi connectivity index (χ0) is 14.8. The Labute approximate surface area is 128 Å². The normalized spacial score (nSPS) is 14.2. The highest BCUT2D eigenvalue weighted by molar-refractivity contribution is 7.99. The van der Waals surface area contributed by atoms with Crippen molar-refractivity contribution in [3.63, 3.8) is 0 Å². The maximum Gasteiger partial charge on any atom is 0.0568 e. The fourth-order valence-electron chi connectivity index (χ4n) is 2.52. The van der Waals surface area contributed by atoms with Gasteiger partial charge in [-0.3, -0.25) is 0 Å². The van der Waals surface area contributed by atoms with Crippen LogP contribution in [0, 0.1) is 5.92 Å². The van der Waals surface area contributed by atoms with E-state index in [1.54, 1.807) is 0 Å². The molecule has 1 rings (SSSR count). The molecule has 2 nitrogen and oxygen atoms in total. The van der Waals surface area contributed by atoms with E-state index in [9.17, 15) is 5.11 Å². The summed E-state index contributed by atoms with van der Waals surface area (Å²) in [5.41, 5.74) is 6.91. The van der Waals surface area contributed by atoms with E-state index in [1.807, 2.05) is 11.8 Å². The third-order valence-corrected chi connectivity index (χ3v) is 4.77. The van der Waals surface area contributed by atoms with Crippen molar-refractivity contribution in [2.45, 2.75) is 57.0 Å². The van der Waals surface area contributed by atoms with Crippen LogP contribution >= 0.6 is 11.8 Å². The van der Waals surface area contributed by atoms with Crippen LogP contribution < -0.4 is 5.73 Å². The summed E-state index contributed by atoms with van der Waals surface area (Å²) >= 11 is 1.81. The monoisotopic (exact) mass is 295 g/mol. The molecule has 0 spiro atoms. The van der Waals surface area contributed by atoms with E-state index in [1.165, 1.54) is 10.5 Å². The minimum absolute atomic E-state index is 0.139. The second-order valence-electron chi connectivity index (χ2n) is 5.35. The second-order valence-corrected chi connectivity index (χ2v) is 6.52. The lowest BCUT2D eigenvalue weighted by Gasteiger charge is -2.21. The minimum atomic E-state index is -0.139. The van der Waals surface area contributed by atoms with E-state index in [-0.39, 0.29) is 6.10 Å². The molecule has 114 valence electrons. The average molecular weight is 295 g/mol. The molecule has 1 aromatic rings. The van der Waals surface area contributed by atoms with Crippen molar-refractivity contribution in [2.24, 2.45) is 11.7 Å². The number of aryl methyl sites for hydroxylation is 1. The molecule has 2 atom stereocenters. The van der Waals surface area contributed by atoms with Gasteiger partial charge in [-0.05, 0) is 42.9 Å². The van der Waals surface area contributed by atoms with Crippen molar-refractivity contribution in [3.05, 3.63) is 29.8 Å². The molecule has 0 radical (unpaired) electrons. The molecule has 0 bridgehead atoms. The smallest absolute Gasteiger partial charge is 0.0568 e. The Morgan fingerprint density at radius 3 is 2.70 bits per heavy atom. The first-order valence-corrected chi connectivity index (χ1v) is 8.79. The molecule has 0 fully saturated rings. The van der Waals surface area contributed by atoms with Gasteiger partial charge in [-0.15, -0.1) is 11.8 Å². The number of hydrogen-bond acceptors (Lipinski definition) is 3. The van der Waals surface area contributed by atoms with E-state index < -0.39 is 0 Å². The van der Waals surface area contributed by atoms with Gasteiger partial charge in [-0.1, -0.05) is 38.8 Å². The lowest BCUT2D eigenvalue weighted by molar-refractivity contribution is 0.0910. The summed E-state index contributed by atoms with van der Waals surface area (Å²) in [6.45, 7) is 5.03. The number of benzene rings is 1. The quantitative estimate of drug-likeness (QED) is 0.644. The average Bonchev–Trinajstić information content (AvgIpc) is 2.46. The van der Waals surface area contributed by atoms with Gasteiger partial charge in [0, 0.05) is 17.2 Å². The van der Waals surface area contributed by atoms with Crippen molar-refractivity contribution in [3.8, 4) is 0 Å². The molecule has 3 N–H and O–H groups in total. The first-order chi connectivity index (χ1) is 9.71. The molecule has 20 heavy (non-hydrogen) atoms. The molecule has 2 unspecified atom stereocenters. The fourth-order valence-corrected chi connectivity index (χ4v) is 3.28. The van der Waals surface area contributed by atoms with Gasteiger partial charge in [0.2, 0.25) is 0 Å². The first-order valence-electron chi connectivity index (χ1n) is 7.81. The SMILES string of the molecule is CCCC(O)C(CC)CCc1cccc(SCCN)c1. The van der Waals surface area contributed by atoms with Crippen LogP contribution in [-0.2, 0) is 6.42 Å². The highest BCUT2D eigenvalue weighted by Gasteiger charge is 2.16. The molecule has 0 saturated heterocycles. The standard InChI is InChI=1S/C17H29NOS/c1-3-6-17(19)15(4-2)10-9-14-7-5-8-16(13-14)20-12-11-18/h5,7-8,13,15,17,19H,3-4,6,9-12,18H2,1-2H3. The highest BCUT2D eigenvalue weighted by Crippen LogP contribution is 2.23. The van der Waals surface area contributed by atoms with Gasteiger partial charge in [0.1, 0.15) is 0 Å². The van der Waals surface area contributed by atoms with Gasteiger partial charge in [-0.25, -0.2) is 0 Å². The van der Waals surface area contributed by atoms with Crippen molar-refractivity contribution in [2.75, 3.05) is 12.3 Å². The first kappa shape index (κ1) is 17.5. The highest BCUT2D eigenvalue weighted by atomic mass is 32.2. The molecule has 0 aliphatic carbocycles. The molecule has 0 amide bonds. The third-order valence-electron chi connectivity index (χ3n) is 3.74. The molecule has 0 aliphatic rings. The molecular weight excluding hydrogens is 266 g/mol. The summed E-state index contributed by atoms with van der Waals surface area (Å²) in [5, 5.41) is 10.1. The Kier molecular flexibility index (Phi) is 8.99. The lowest BCUT2D eigenvalue weighted by Crippen LogP contribution is -2.20. The molecule has 0 saturated carbocycles. The van der Waals surface area contributed by atoms with Crippen LogP contribution in [-0.4, -0.2) is 23.5 Å². The summed E-state index contributed by atoms with van der Waals surface area (Å²) in [4.78, 5) is 1.30. The lowest BCUT2D eigenvalue weighted by atomic mass is 9.90. The second kappa shape index (κ2) is 10.3. The van der Waals surface area contributed by atoms with Crippen molar-refractivity contribution < 1.29 is 5.11 Å². The van der Waals surface area contributed by atoms with E-state index in [0.29, 0.717) is 5.92 Å². The topological polar surface area (TPSA) is 46.2 Å². The minimum Gasteiger partial charge on any atom is -0.393 e. The van der Waals surface area contributed by atoms with E-state index in [2.05, 4.69) is 38.1 Å². The van der Waals surface area contributed by atoms with Gasteiger partial charge >= 0.3 is 0 Å².